The van der Waals surface area contributed by atoms with Gasteiger partial charge in [0.25, 0.3) is 5.56 Å². The molecule has 30 heavy (non-hydrogen) atoms. The van der Waals surface area contributed by atoms with Gasteiger partial charge < -0.3 is 5.32 Å². The van der Waals surface area contributed by atoms with Gasteiger partial charge in [0, 0.05) is 35.0 Å². The standard InChI is InChI=1S/C21H21N7O2/c1-11-3-6-16(15(9-11)20-25-19(26-27-20)13-4-5-13)24-18(29)10-14-12(2)23-17-7-8-22-28(17)21(14)30/h3,6-9,13,22H,4-5,10H2,1-2H3,(H,24,29)(H,25,26,27). The van der Waals surface area contributed by atoms with Crippen LogP contribution in [0.1, 0.15) is 41.4 Å². The molecule has 0 atom stereocenters. The summed E-state index contributed by atoms with van der Waals surface area (Å²) < 4.78 is 1.33. The third kappa shape index (κ3) is 3.28. The predicted octanol–water partition coefficient (Wildman–Crippen LogP) is 2.48. The molecule has 3 heterocycles. The lowest BCUT2D eigenvalue weighted by Gasteiger charge is -2.11. The van der Waals surface area contributed by atoms with Crippen LogP contribution in [0.4, 0.5) is 5.69 Å². The van der Waals surface area contributed by atoms with E-state index in [0.29, 0.717) is 34.3 Å². The van der Waals surface area contributed by atoms with Crippen LogP contribution in [0.3, 0.4) is 0 Å². The minimum Gasteiger partial charge on any atom is -0.325 e. The van der Waals surface area contributed by atoms with Crippen molar-refractivity contribution in [2.75, 3.05) is 5.32 Å². The Balaban J connectivity index is 1.43. The van der Waals surface area contributed by atoms with Crippen LogP contribution < -0.4 is 10.9 Å². The van der Waals surface area contributed by atoms with Gasteiger partial charge in [0.1, 0.15) is 5.82 Å². The lowest BCUT2D eigenvalue weighted by molar-refractivity contribution is -0.115. The Hall–Kier alpha value is -3.75. The van der Waals surface area contributed by atoms with Crippen molar-refractivity contribution in [2.45, 2.75) is 39.0 Å². The van der Waals surface area contributed by atoms with E-state index in [9.17, 15) is 9.59 Å². The molecule has 3 aromatic heterocycles. The maximum Gasteiger partial charge on any atom is 0.276 e. The average Bonchev–Trinajstić information content (AvgIpc) is 3.25. The first-order valence-electron chi connectivity index (χ1n) is 9.88. The van der Waals surface area contributed by atoms with Crippen LogP contribution in [0.25, 0.3) is 17.0 Å². The fourth-order valence-electron chi connectivity index (χ4n) is 3.55. The molecule has 1 amide bonds. The van der Waals surface area contributed by atoms with Crippen LogP contribution in [0.15, 0.2) is 35.3 Å². The second kappa shape index (κ2) is 6.94. The molecule has 1 aromatic carbocycles. The summed E-state index contributed by atoms with van der Waals surface area (Å²) in [5.41, 5.74) is 3.55. The number of nitrogens with zero attached hydrogens (tertiary/aromatic N) is 4. The van der Waals surface area contributed by atoms with Crippen molar-refractivity contribution in [3.05, 3.63) is 63.5 Å². The van der Waals surface area contributed by atoms with Crippen LogP contribution in [0.5, 0.6) is 0 Å². The summed E-state index contributed by atoms with van der Waals surface area (Å²) >= 11 is 0. The Morgan fingerprint density at radius 3 is 2.87 bits per heavy atom. The summed E-state index contributed by atoms with van der Waals surface area (Å²) in [5.74, 6) is 1.60. The Bertz CT molecular complexity index is 1330. The number of carbonyl (C=O) groups excluding carboxylic acids is 1. The van der Waals surface area contributed by atoms with Crippen LogP contribution in [0.2, 0.25) is 0 Å². The minimum absolute atomic E-state index is 0.0751. The minimum atomic E-state index is -0.299. The van der Waals surface area contributed by atoms with E-state index in [2.05, 4.69) is 30.6 Å². The topological polar surface area (TPSA) is 121 Å². The first-order valence-corrected chi connectivity index (χ1v) is 9.88. The number of carbonyl (C=O) groups is 1. The second-order valence-corrected chi connectivity index (χ2v) is 7.73. The highest BCUT2D eigenvalue weighted by atomic mass is 16.2. The molecule has 0 spiro atoms. The maximum atomic E-state index is 12.8. The molecule has 0 unspecified atom stereocenters. The number of hydrogen-bond donors (Lipinski definition) is 3. The van der Waals surface area contributed by atoms with Gasteiger partial charge in [0.05, 0.1) is 12.1 Å². The summed E-state index contributed by atoms with van der Waals surface area (Å²) in [6, 6.07) is 7.41. The van der Waals surface area contributed by atoms with Gasteiger partial charge in [-0.1, -0.05) is 11.6 Å². The highest BCUT2D eigenvalue weighted by molar-refractivity contribution is 5.96. The summed E-state index contributed by atoms with van der Waals surface area (Å²) in [5, 5.41) is 13.1. The maximum absolute atomic E-state index is 12.8. The van der Waals surface area contributed by atoms with Crippen molar-refractivity contribution in [1.82, 2.24) is 29.8 Å². The van der Waals surface area contributed by atoms with E-state index >= 15 is 0 Å². The van der Waals surface area contributed by atoms with Crippen LogP contribution in [0, 0.1) is 13.8 Å². The molecule has 1 saturated carbocycles. The Labute approximate surface area is 171 Å². The Morgan fingerprint density at radius 1 is 1.23 bits per heavy atom. The SMILES string of the molecule is Cc1ccc(NC(=O)Cc2c(C)nc3cc[nH]n3c2=O)c(-c2n[nH]c(C3CC3)n2)c1. The van der Waals surface area contributed by atoms with E-state index in [4.69, 9.17) is 0 Å². The summed E-state index contributed by atoms with van der Waals surface area (Å²) in [6.45, 7) is 3.71. The van der Waals surface area contributed by atoms with E-state index in [0.717, 1.165) is 29.8 Å². The van der Waals surface area contributed by atoms with Gasteiger partial charge in [-0.2, -0.15) is 5.10 Å². The van der Waals surface area contributed by atoms with Gasteiger partial charge in [-0.3, -0.25) is 19.8 Å². The number of aromatic nitrogens is 6. The highest BCUT2D eigenvalue weighted by Crippen LogP contribution is 2.39. The van der Waals surface area contributed by atoms with E-state index in [1.165, 1.54) is 4.52 Å². The number of anilines is 1. The molecule has 4 aromatic rings. The van der Waals surface area contributed by atoms with E-state index in [1.54, 1.807) is 19.2 Å². The predicted molar refractivity (Wildman–Crippen MR) is 111 cm³/mol. The van der Waals surface area contributed by atoms with Crippen LogP contribution in [-0.4, -0.2) is 35.7 Å². The van der Waals surface area contributed by atoms with Crippen molar-refractivity contribution < 1.29 is 4.79 Å². The van der Waals surface area contributed by atoms with Crippen molar-refractivity contribution in [1.29, 1.82) is 0 Å². The van der Waals surface area contributed by atoms with Gasteiger partial charge in [0.2, 0.25) is 5.91 Å². The average molecular weight is 403 g/mol. The molecular formula is C21H21N7O2. The summed E-state index contributed by atoms with van der Waals surface area (Å²) in [4.78, 5) is 34.5. The van der Waals surface area contributed by atoms with Gasteiger partial charge >= 0.3 is 0 Å². The van der Waals surface area contributed by atoms with E-state index < -0.39 is 0 Å². The second-order valence-electron chi connectivity index (χ2n) is 7.73. The Kier molecular flexibility index (Phi) is 4.23. The molecule has 0 saturated heterocycles. The molecule has 9 heteroatoms. The molecule has 3 N–H and O–H groups in total. The van der Waals surface area contributed by atoms with Gasteiger partial charge in [-0.05, 0) is 38.8 Å². The zero-order chi connectivity index (χ0) is 20.8. The lowest BCUT2D eigenvalue weighted by atomic mass is 10.1. The highest BCUT2D eigenvalue weighted by Gasteiger charge is 2.27. The molecule has 0 aliphatic heterocycles. The van der Waals surface area contributed by atoms with Crippen molar-refractivity contribution >= 4 is 17.2 Å². The first-order chi connectivity index (χ1) is 14.5. The molecule has 5 rings (SSSR count). The largest absolute Gasteiger partial charge is 0.325 e. The quantitative estimate of drug-likeness (QED) is 0.473. The van der Waals surface area contributed by atoms with Crippen LogP contribution >= 0.6 is 0 Å². The number of H-pyrrole nitrogens is 2. The normalized spacial score (nSPS) is 13.7. The van der Waals surface area contributed by atoms with E-state index in [1.807, 2.05) is 25.1 Å². The molecule has 152 valence electrons. The molecule has 1 aliphatic rings. The van der Waals surface area contributed by atoms with Gasteiger partial charge in [0.15, 0.2) is 11.5 Å². The number of aromatic amines is 2. The summed E-state index contributed by atoms with van der Waals surface area (Å²) in [7, 11) is 0. The van der Waals surface area contributed by atoms with Gasteiger partial charge in [-0.15, -0.1) is 0 Å². The number of fused-ring (bicyclic) bond motifs is 1. The number of benzene rings is 1. The van der Waals surface area contributed by atoms with E-state index in [-0.39, 0.29) is 17.9 Å². The number of hydrogen-bond acceptors (Lipinski definition) is 5. The van der Waals surface area contributed by atoms with Crippen molar-refractivity contribution in [3.8, 4) is 11.4 Å². The van der Waals surface area contributed by atoms with Crippen molar-refractivity contribution in [3.63, 3.8) is 0 Å². The number of aryl methyl sites for hydroxylation is 2. The first kappa shape index (κ1) is 18.3. The number of amides is 1. The third-order valence-electron chi connectivity index (χ3n) is 5.34. The fourth-order valence-corrected chi connectivity index (χ4v) is 3.55. The number of rotatable bonds is 5. The fraction of sp³-hybridized carbons (Fsp3) is 0.286. The van der Waals surface area contributed by atoms with Crippen LogP contribution in [-0.2, 0) is 11.2 Å². The lowest BCUT2D eigenvalue weighted by Crippen LogP contribution is -2.26. The third-order valence-corrected chi connectivity index (χ3v) is 5.34. The van der Waals surface area contributed by atoms with Gasteiger partial charge in [-0.25, -0.2) is 14.5 Å². The monoisotopic (exact) mass is 403 g/mol. The molecule has 9 nitrogen and oxygen atoms in total. The van der Waals surface area contributed by atoms with Crippen molar-refractivity contribution in [2.24, 2.45) is 0 Å². The smallest absolute Gasteiger partial charge is 0.276 e. The molecule has 0 radical (unpaired) electrons. The zero-order valence-corrected chi connectivity index (χ0v) is 16.7. The molecular weight excluding hydrogens is 382 g/mol. The Morgan fingerprint density at radius 2 is 2.07 bits per heavy atom. The molecule has 1 aliphatic carbocycles. The zero-order valence-electron chi connectivity index (χ0n) is 16.7. The molecule has 1 fully saturated rings. The summed E-state index contributed by atoms with van der Waals surface area (Å²) in [6.07, 6.45) is 3.81. The molecule has 0 bridgehead atoms. The number of nitrogens with one attached hydrogen (secondary N) is 3.